The number of pyridine rings is 1. The number of hydrogen-bond donors (Lipinski definition) is 2. The summed E-state index contributed by atoms with van der Waals surface area (Å²) in [6.45, 7) is 4.31. The minimum absolute atomic E-state index is 0.0506. The molecule has 20 heavy (non-hydrogen) atoms. The van der Waals surface area contributed by atoms with E-state index in [9.17, 15) is 9.59 Å². The van der Waals surface area contributed by atoms with Gasteiger partial charge in [0.05, 0.1) is 0 Å². The van der Waals surface area contributed by atoms with Gasteiger partial charge in [0.25, 0.3) is 11.5 Å². The molecule has 106 valence electrons. The van der Waals surface area contributed by atoms with E-state index >= 15 is 0 Å². The summed E-state index contributed by atoms with van der Waals surface area (Å²) in [4.78, 5) is 28.4. The summed E-state index contributed by atoms with van der Waals surface area (Å²) >= 11 is 0. The van der Waals surface area contributed by atoms with E-state index in [4.69, 9.17) is 0 Å². The maximum Gasteiger partial charge on any atom is 0.270 e. The second kappa shape index (κ2) is 5.83. The Morgan fingerprint density at radius 2 is 2.25 bits per heavy atom. The highest BCUT2D eigenvalue weighted by molar-refractivity contribution is 5.93. The highest BCUT2D eigenvalue weighted by Gasteiger charge is 2.13. The molecule has 0 aliphatic carbocycles. The van der Waals surface area contributed by atoms with Gasteiger partial charge in [0.2, 0.25) is 0 Å². The number of carbonyl (C=O) groups is 1. The van der Waals surface area contributed by atoms with Crippen molar-refractivity contribution in [2.45, 2.75) is 19.9 Å². The molecule has 0 aliphatic rings. The number of rotatable bonds is 4. The summed E-state index contributed by atoms with van der Waals surface area (Å²) in [6.07, 6.45) is 2.96. The topological polar surface area (TPSA) is 75.5 Å². The maximum atomic E-state index is 12.2. The highest BCUT2D eigenvalue weighted by atomic mass is 16.2. The lowest BCUT2D eigenvalue weighted by Crippen LogP contribution is -2.39. The summed E-state index contributed by atoms with van der Waals surface area (Å²) in [6, 6.07) is 3.74. The zero-order chi connectivity index (χ0) is 14.7. The minimum atomic E-state index is -0.403. The molecule has 2 heterocycles. The van der Waals surface area contributed by atoms with Gasteiger partial charge in [-0.15, -0.1) is 0 Å². The number of nitrogens with one attached hydrogen (secondary N) is 2. The van der Waals surface area contributed by atoms with E-state index in [0.717, 1.165) is 5.56 Å². The number of amides is 1. The number of likely N-dealkylation sites (N-methyl/N-ethyl adjacent to an activating group) is 1. The van der Waals surface area contributed by atoms with Gasteiger partial charge in [0.1, 0.15) is 11.2 Å². The molecule has 2 rings (SSSR count). The monoisotopic (exact) mass is 274 g/mol. The molecule has 0 aliphatic heterocycles. The Hall–Kier alpha value is -2.21. The van der Waals surface area contributed by atoms with Crippen molar-refractivity contribution in [1.29, 1.82) is 0 Å². The van der Waals surface area contributed by atoms with E-state index in [1.54, 1.807) is 18.3 Å². The molecule has 0 saturated heterocycles. The Balaban J connectivity index is 2.31. The van der Waals surface area contributed by atoms with Crippen molar-refractivity contribution in [1.82, 2.24) is 20.0 Å². The normalized spacial score (nSPS) is 12.3. The number of nitrogens with zero attached hydrogens (tertiary/aromatic N) is 2. The number of aryl methyl sites for hydroxylation is 1. The smallest absolute Gasteiger partial charge is 0.270 e. The molecule has 0 spiro atoms. The highest BCUT2D eigenvalue weighted by Crippen LogP contribution is 2.02. The second-order valence-electron chi connectivity index (χ2n) is 4.81. The van der Waals surface area contributed by atoms with Crippen LogP contribution in [0.15, 0.2) is 29.3 Å². The Morgan fingerprint density at radius 3 is 2.95 bits per heavy atom. The number of aromatic nitrogens is 2. The van der Waals surface area contributed by atoms with Crippen LogP contribution in [0.3, 0.4) is 0 Å². The second-order valence-corrected chi connectivity index (χ2v) is 4.81. The fourth-order valence-corrected chi connectivity index (χ4v) is 1.78. The van der Waals surface area contributed by atoms with Crippen molar-refractivity contribution in [3.63, 3.8) is 0 Å². The molecule has 6 heteroatoms. The van der Waals surface area contributed by atoms with Crippen LogP contribution >= 0.6 is 0 Å². The number of hydrogen-bond acceptors (Lipinski definition) is 4. The maximum absolute atomic E-state index is 12.2. The number of carbonyl (C=O) groups excluding carboxylic acids is 1. The average molecular weight is 274 g/mol. The third-order valence-corrected chi connectivity index (χ3v) is 3.17. The third-order valence-electron chi connectivity index (χ3n) is 3.17. The molecule has 2 aromatic heterocycles. The lowest BCUT2D eigenvalue weighted by Gasteiger charge is -2.11. The number of fused-ring (bicyclic) bond motifs is 1. The van der Waals surface area contributed by atoms with E-state index in [1.807, 2.05) is 20.9 Å². The molecular formula is C14H18N4O2. The van der Waals surface area contributed by atoms with E-state index in [2.05, 4.69) is 15.6 Å². The van der Waals surface area contributed by atoms with Gasteiger partial charge < -0.3 is 10.6 Å². The van der Waals surface area contributed by atoms with Gasteiger partial charge in [-0.25, -0.2) is 4.98 Å². The molecule has 0 saturated carbocycles. The Morgan fingerprint density at radius 1 is 1.50 bits per heavy atom. The first-order valence-electron chi connectivity index (χ1n) is 6.46. The molecule has 0 aromatic carbocycles. The van der Waals surface area contributed by atoms with Crippen molar-refractivity contribution < 1.29 is 4.79 Å². The lowest BCUT2D eigenvalue weighted by atomic mass is 10.2. The van der Waals surface area contributed by atoms with Gasteiger partial charge in [0.15, 0.2) is 0 Å². The van der Waals surface area contributed by atoms with Crippen molar-refractivity contribution in [2.24, 2.45) is 0 Å². The summed E-state index contributed by atoms with van der Waals surface area (Å²) in [5.74, 6) is -0.403. The van der Waals surface area contributed by atoms with Crippen LogP contribution in [0.25, 0.3) is 5.65 Å². The quantitative estimate of drug-likeness (QED) is 0.843. The standard InChI is InChI=1S/C14H18N4O2/c1-9-4-5-18-12(6-9)16-8-11(14(18)20)13(19)17-7-10(2)15-3/h4-6,8,10,15H,7H2,1-3H3,(H,17,19). The van der Waals surface area contributed by atoms with Crippen molar-refractivity contribution >= 4 is 11.6 Å². The lowest BCUT2D eigenvalue weighted by molar-refractivity contribution is 0.0948. The molecule has 0 fully saturated rings. The summed E-state index contributed by atoms with van der Waals surface area (Å²) < 4.78 is 1.38. The Kier molecular flexibility index (Phi) is 4.14. The SMILES string of the molecule is CNC(C)CNC(=O)c1cnc2cc(C)ccn2c1=O. The van der Waals surface area contributed by atoms with Gasteiger partial charge in [-0.2, -0.15) is 0 Å². The molecule has 1 unspecified atom stereocenters. The molecule has 1 amide bonds. The first-order valence-corrected chi connectivity index (χ1v) is 6.46. The third kappa shape index (κ3) is 2.85. The van der Waals surface area contributed by atoms with Crippen molar-refractivity contribution in [3.8, 4) is 0 Å². The van der Waals surface area contributed by atoms with Crippen LogP contribution in [0.2, 0.25) is 0 Å². The van der Waals surface area contributed by atoms with Gasteiger partial charge in [-0.1, -0.05) is 0 Å². The van der Waals surface area contributed by atoms with Crippen LogP contribution in [0.1, 0.15) is 22.8 Å². The zero-order valence-corrected chi connectivity index (χ0v) is 11.8. The zero-order valence-electron chi connectivity index (χ0n) is 11.8. The molecule has 6 nitrogen and oxygen atoms in total. The molecular weight excluding hydrogens is 256 g/mol. The van der Waals surface area contributed by atoms with Gasteiger partial charge >= 0.3 is 0 Å². The van der Waals surface area contributed by atoms with Gasteiger partial charge in [-0.05, 0) is 38.6 Å². The molecule has 2 N–H and O–H groups in total. The van der Waals surface area contributed by atoms with E-state index in [-0.39, 0.29) is 17.2 Å². The first-order chi connectivity index (χ1) is 9.52. The van der Waals surface area contributed by atoms with Crippen LogP contribution < -0.4 is 16.2 Å². The van der Waals surface area contributed by atoms with Gasteiger partial charge in [-0.3, -0.25) is 14.0 Å². The fourth-order valence-electron chi connectivity index (χ4n) is 1.78. The molecule has 2 aromatic rings. The predicted octanol–water partition coefficient (Wildman–Crippen LogP) is 0.341. The molecule has 0 bridgehead atoms. The first kappa shape index (κ1) is 14.2. The fraction of sp³-hybridized carbons (Fsp3) is 0.357. The minimum Gasteiger partial charge on any atom is -0.350 e. The van der Waals surface area contributed by atoms with E-state index < -0.39 is 5.91 Å². The Labute approximate surface area is 116 Å². The average Bonchev–Trinajstić information content (AvgIpc) is 2.44. The van der Waals surface area contributed by atoms with Crippen LogP contribution in [-0.4, -0.2) is 34.9 Å². The van der Waals surface area contributed by atoms with Crippen LogP contribution in [-0.2, 0) is 0 Å². The summed E-state index contributed by atoms with van der Waals surface area (Å²) in [7, 11) is 1.81. The van der Waals surface area contributed by atoms with Gasteiger partial charge in [0, 0.05) is 25.0 Å². The molecule has 1 atom stereocenters. The summed E-state index contributed by atoms with van der Waals surface area (Å²) in [5, 5.41) is 5.72. The van der Waals surface area contributed by atoms with E-state index in [1.165, 1.54) is 10.6 Å². The predicted molar refractivity (Wildman–Crippen MR) is 77.1 cm³/mol. The van der Waals surface area contributed by atoms with Crippen LogP contribution in [0, 0.1) is 6.92 Å². The van der Waals surface area contributed by atoms with Crippen LogP contribution in [0.4, 0.5) is 0 Å². The van der Waals surface area contributed by atoms with Crippen molar-refractivity contribution in [2.75, 3.05) is 13.6 Å². The van der Waals surface area contributed by atoms with E-state index in [0.29, 0.717) is 12.2 Å². The largest absolute Gasteiger partial charge is 0.350 e. The summed E-state index contributed by atoms with van der Waals surface area (Å²) in [5.41, 5.74) is 1.24. The van der Waals surface area contributed by atoms with Crippen LogP contribution in [0.5, 0.6) is 0 Å². The Bertz CT molecular complexity index is 693. The van der Waals surface area contributed by atoms with Crippen molar-refractivity contribution in [3.05, 3.63) is 46.0 Å². The molecule has 0 radical (unpaired) electrons.